The van der Waals surface area contributed by atoms with Gasteiger partial charge in [0.15, 0.2) is 0 Å². The van der Waals surface area contributed by atoms with Crippen LogP contribution in [0.25, 0.3) is 11.5 Å². The summed E-state index contributed by atoms with van der Waals surface area (Å²) in [5, 5.41) is 7.08. The molecule has 2 aromatic rings. The average molecular weight is 319 g/mol. The van der Waals surface area contributed by atoms with Gasteiger partial charge in [0, 0.05) is 6.04 Å². The SMILES string of the molecule is Cc1occc1-c1nn(CC(=O)NC2CCCCC2C)c(=O)o1. The molecule has 7 heteroatoms. The van der Waals surface area contributed by atoms with E-state index in [2.05, 4.69) is 17.3 Å². The second kappa shape index (κ2) is 6.44. The van der Waals surface area contributed by atoms with Crippen molar-refractivity contribution in [2.24, 2.45) is 5.92 Å². The Kier molecular flexibility index (Phi) is 4.36. The molecule has 2 heterocycles. The number of aryl methyl sites for hydroxylation is 1. The third-order valence-corrected chi connectivity index (χ3v) is 4.45. The lowest BCUT2D eigenvalue weighted by atomic mass is 9.86. The van der Waals surface area contributed by atoms with Gasteiger partial charge in [-0.2, -0.15) is 4.68 Å². The predicted octanol–water partition coefficient (Wildman–Crippen LogP) is 2.10. The van der Waals surface area contributed by atoms with Crippen LogP contribution in [0.2, 0.25) is 0 Å². The number of nitrogens with zero attached hydrogens (tertiary/aromatic N) is 2. The molecule has 1 saturated carbocycles. The normalized spacial score (nSPS) is 21.3. The fraction of sp³-hybridized carbons (Fsp3) is 0.562. The van der Waals surface area contributed by atoms with Gasteiger partial charge in [-0.3, -0.25) is 4.79 Å². The van der Waals surface area contributed by atoms with E-state index in [1.54, 1.807) is 13.0 Å². The smallest absolute Gasteiger partial charge is 0.437 e. The zero-order valence-electron chi connectivity index (χ0n) is 13.4. The van der Waals surface area contributed by atoms with Crippen LogP contribution in [0.3, 0.4) is 0 Å². The summed E-state index contributed by atoms with van der Waals surface area (Å²) < 4.78 is 11.3. The summed E-state index contributed by atoms with van der Waals surface area (Å²) in [6.45, 7) is 3.76. The Balaban J connectivity index is 1.68. The summed E-state index contributed by atoms with van der Waals surface area (Å²) in [5.41, 5.74) is 0.613. The van der Waals surface area contributed by atoms with Crippen molar-refractivity contribution in [3.63, 3.8) is 0 Å². The van der Waals surface area contributed by atoms with Crippen LogP contribution in [-0.4, -0.2) is 21.7 Å². The quantitative estimate of drug-likeness (QED) is 0.932. The molecule has 1 aliphatic carbocycles. The van der Waals surface area contributed by atoms with Crippen LogP contribution in [-0.2, 0) is 11.3 Å². The topological polar surface area (TPSA) is 90.3 Å². The summed E-state index contributed by atoms with van der Waals surface area (Å²) in [7, 11) is 0. The molecule has 3 rings (SSSR count). The first-order chi connectivity index (χ1) is 11.0. The predicted molar refractivity (Wildman–Crippen MR) is 82.8 cm³/mol. The highest BCUT2D eigenvalue weighted by molar-refractivity contribution is 5.76. The second-order valence-electron chi connectivity index (χ2n) is 6.16. The number of carbonyl (C=O) groups is 1. The van der Waals surface area contributed by atoms with E-state index >= 15 is 0 Å². The highest BCUT2D eigenvalue weighted by Gasteiger charge is 2.23. The van der Waals surface area contributed by atoms with Crippen LogP contribution < -0.4 is 11.1 Å². The van der Waals surface area contributed by atoms with E-state index < -0.39 is 5.76 Å². The minimum Gasteiger partial charge on any atom is -0.469 e. The molecule has 0 aliphatic heterocycles. The van der Waals surface area contributed by atoms with E-state index in [1.807, 2.05) is 0 Å². The van der Waals surface area contributed by atoms with Crippen LogP contribution in [0.15, 0.2) is 26.0 Å². The molecule has 1 aliphatic rings. The minimum atomic E-state index is -0.646. The summed E-state index contributed by atoms with van der Waals surface area (Å²) in [5.74, 6) is 0.381. The van der Waals surface area contributed by atoms with Crippen molar-refractivity contribution in [3.8, 4) is 11.5 Å². The third-order valence-electron chi connectivity index (χ3n) is 4.45. The van der Waals surface area contributed by atoms with Gasteiger partial charge in [-0.05, 0) is 31.7 Å². The van der Waals surface area contributed by atoms with Crippen LogP contribution in [0.5, 0.6) is 0 Å². The van der Waals surface area contributed by atoms with Crippen LogP contribution in [0.4, 0.5) is 0 Å². The first-order valence-corrected chi connectivity index (χ1v) is 7.96. The maximum absolute atomic E-state index is 12.2. The molecule has 2 atom stereocenters. The molecular weight excluding hydrogens is 298 g/mol. The first-order valence-electron chi connectivity index (χ1n) is 7.96. The fourth-order valence-electron chi connectivity index (χ4n) is 3.04. The van der Waals surface area contributed by atoms with Crippen molar-refractivity contribution >= 4 is 5.91 Å². The van der Waals surface area contributed by atoms with E-state index in [4.69, 9.17) is 8.83 Å². The highest BCUT2D eigenvalue weighted by atomic mass is 16.4. The number of carbonyl (C=O) groups excluding carboxylic acids is 1. The Morgan fingerprint density at radius 3 is 2.91 bits per heavy atom. The molecule has 1 N–H and O–H groups in total. The standard InChI is InChI=1S/C16H21N3O4/c1-10-5-3-4-6-13(10)17-14(20)9-19-16(21)23-15(18-19)12-7-8-22-11(12)2/h7-8,10,13H,3-6,9H2,1-2H3,(H,17,20). The number of rotatable bonds is 4. The molecule has 0 aromatic carbocycles. The van der Waals surface area contributed by atoms with Crippen molar-refractivity contribution in [1.82, 2.24) is 15.1 Å². The van der Waals surface area contributed by atoms with Gasteiger partial charge in [0.1, 0.15) is 12.3 Å². The van der Waals surface area contributed by atoms with Gasteiger partial charge in [-0.25, -0.2) is 4.79 Å². The Morgan fingerprint density at radius 1 is 1.43 bits per heavy atom. The molecule has 0 saturated heterocycles. The lowest BCUT2D eigenvalue weighted by Gasteiger charge is -2.29. The van der Waals surface area contributed by atoms with Gasteiger partial charge in [0.25, 0.3) is 5.89 Å². The van der Waals surface area contributed by atoms with Gasteiger partial charge >= 0.3 is 5.76 Å². The van der Waals surface area contributed by atoms with Gasteiger partial charge in [-0.15, -0.1) is 5.10 Å². The Labute approximate surface area is 133 Å². The molecule has 2 unspecified atom stereocenters. The fourth-order valence-corrected chi connectivity index (χ4v) is 3.04. The number of hydrogen-bond donors (Lipinski definition) is 1. The molecular formula is C16H21N3O4. The molecule has 1 fully saturated rings. The van der Waals surface area contributed by atoms with E-state index in [0.29, 0.717) is 17.2 Å². The van der Waals surface area contributed by atoms with Crippen molar-refractivity contribution in [1.29, 1.82) is 0 Å². The summed E-state index contributed by atoms with van der Waals surface area (Å²) in [4.78, 5) is 24.0. The van der Waals surface area contributed by atoms with Crippen LogP contribution in [0, 0.1) is 12.8 Å². The van der Waals surface area contributed by atoms with Gasteiger partial charge in [-0.1, -0.05) is 19.8 Å². The molecule has 1 amide bonds. The second-order valence-corrected chi connectivity index (χ2v) is 6.16. The minimum absolute atomic E-state index is 0.136. The van der Waals surface area contributed by atoms with E-state index in [0.717, 1.165) is 23.9 Å². The maximum Gasteiger partial charge on any atom is 0.437 e. The van der Waals surface area contributed by atoms with Gasteiger partial charge in [0.05, 0.1) is 11.8 Å². The molecule has 0 bridgehead atoms. The van der Waals surface area contributed by atoms with Crippen molar-refractivity contribution in [3.05, 3.63) is 28.6 Å². The van der Waals surface area contributed by atoms with Crippen molar-refractivity contribution in [2.45, 2.75) is 52.1 Å². The average Bonchev–Trinajstić information content (AvgIpc) is 3.08. The van der Waals surface area contributed by atoms with E-state index in [-0.39, 0.29) is 24.4 Å². The van der Waals surface area contributed by atoms with Crippen molar-refractivity contribution in [2.75, 3.05) is 0 Å². The number of aromatic nitrogens is 2. The zero-order valence-corrected chi connectivity index (χ0v) is 13.4. The monoisotopic (exact) mass is 319 g/mol. The molecule has 2 aromatic heterocycles. The third kappa shape index (κ3) is 3.38. The Hall–Kier alpha value is -2.31. The number of hydrogen-bond acceptors (Lipinski definition) is 5. The van der Waals surface area contributed by atoms with Gasteiger partial charge in [0.2, 0.25) is 5.91 Å². The van der Waals surface area contributed by atoms with Gasteiger partial charge < -0.3 is 14.2 Å². The van der Waals surface area contributed by atoms with E-state index in [1.165, 1.54) is 12.7 Å². The molecule has 0 radical (unpaired) electrons. The lowest BCUT2D eigenvalue weighted by Crippen LogP contribution is -2.43. The number of furan rings is 1. The molecule has 0 spiro atoms. The molecule has 23 heavy (non-hydrogen) atoms. The molecule has 7 nitrogen and oxygen atoms in total. The highest BCUT2D eigenvalue weighted by Crippen LogP contribution is 2.24. The summed E-state index contributed by atoms with van der Waals surface area (Å²) in [6.07, 6.45) is 5.95. The first kappa shape index (κ1) is 15.6. The lowest BCUT2D eigenvalue weighted by molar-refractivity contribution is -0.123. The number of nitrogens with one attached hydrogen (secondary N) is 1. The Morgan fingerprint density at radius 2 is 2.22 bits per heavy atom. The largest absolute Gasteiger partial charge is 0.469 e. The summed E-state index contributed by atoms with van der Waals surface area (Å²) in [6, 6.07) is 1.85. The Bertz CT molecular complexity index is 743. The van der Waals surface area contributed by atoms with E-state index in [9.17, 15) is 9.59 Å². The maximum atomic E-state index is 12.2. The molecule has 124 valence electrons. The van der Waals surface area contributed by atoms with Crippen LogP contribution in [0.1, 0.15) is 38.4 Å². The van der Waals surface area contributed by atoms with Crippen LogP contribution >= 0.6 is 0 Å². The number of amides is 1. The summed E-state index contributed by atoms with van der Waals surface area (Å²) >= 11 is 0. The zero-order chi connectivity index (χ0) is 16.4. The van der Waals surface area contributed by atoms with Crippen molar-refractivity contribution < 1.29 is 13.6 Å².